The maximum Gasteiger partial charge on any atom is 0.319 e. The van der Waals surface area contributed by atoms with Crippen LogP contribution in [-0.2, 0) is 11.2 Å². The maximum absolute atomic E-state index is 11.3. The van der Waals surface area contributed by atoms with Gasteiger partial charge in [-0.2, -0.15) is 0 Å². The molecule has 0 bridgehead atoms. The van der Waals surface area contributed by atoms with Crippen molar-refractivity contribution in [2.45, 2.75) is 42.7 Å². The van der Waals surface area contributed by atoms with Crippen LogP contribution in [0.15, 0.2) is 58.1 Å². The number of thiazole rings is 1. The van der Waals surface area contributed by atoms with Crippen LogP contribution in [0.3, 0.4) is 0 Å². The molecular weight excluding hydrogens is 390 g/mol. The van der Waals surface area contributed by atoms with Gasteiger partial charge in [0.05, 0.1) is 5.69 Å². The van der Waals surface area contributed by atoms with E-state index in [1.165, 1.54) is 28.7 Å². The first-order valence-electron chi connectivity index (χ1n) is 9.31. The lowest BCUT2D eigenvalue weighted by Crippen LogP contribution is -2.35. The molecule has 152 valence electrons. The van der Waals surface area contributed by atoms with Crippen molar-refractivity contribution in [3.05, 3.63) is 59.4 Å². The Kier molecular flexibility index (Phi) is 8.38. The van der Waals surface area contributed by atoms with Crippen LogP contribution in [0.5, 0.6) is 0 Å². The van der Waals surface area contributed by atoms with E-state index in [4.69, 9.17) is 0 Å². The number of allylic oxidation sites excluding steroid dienone is 4. The standard InChI is InChI=1S/C21H29N3O2S2/c1-5-6-7-8-12-24(18-10-9-16(2)14-22-18)13-11-17-15-27-20(23-17)28-21(3,4)19(25)26/h5,7-10,15,22H,1,6,11-14H2,2-4H3,(H,25,26)/b8-7+. The summed E-state index contributed by atoms with van der Waals surface area (Å²) >= 11 is 2.81. The van der Waals surface area contributed by atoms with E-state index in [2.05, 4.69) is 53.0 Å². The molecule has 5 nitrogen and oxygen atoms in total. The Bertz CT molecular complexity index is 778. The number of hydrogen-bond donors (Lipinski definition) is 2. The second-order valence-corrected chi connectivity index (χ2v) is 9.86. The van der Waals surface area contributed by atoms with E-state index in [-0.39, 0.29) is 0 Å². The van der Waals surface area contributed by atoms with Gasteiger partial charge in [0.1, 0.15) is 10.6 Å². The molecule has 1 aromatic rings. The third-order valence-corrected chi connectivity index (χ3v) is 6.41. The summed E-state index contributed by atoms with van der Waals surface area (Å²) in [5, 5.41) is 14.8. The Morgan fingerprint density at radius 2 is 2.25 bits per heavy atom. The van der Waals surface area contributed by atoms with Crippen molar-refractivity contribution in [2.24, 2.45) is 0 Å². The molecule has 28 heavy (non-hydrogen) atoms. The molecule has 0 amide bonds. The quantitative estimate of drug-likeness (QED) is 0.408. The molecule has 0 saturated carbocycles. The van der Waals surface area contributed by atoms with Crippen LogP contribution in [-0.4, -0.2) is 45.3 Å². The normalized spacial score (nSPS) is 14.4. The highest BCUT2D eigenvalue weighted by atomic mass is 32.2. The lowest BCUT2D eigenvalue weighted by molar-refractivity contribution is -0.138. The number of dihydropyridines is 1. The first-order chi connectivity index (χ1) is 13.3. The third-order valence-electron chi connectivity index (χ3n) is 4.24. The number of nitrogens with one attached hydrogen (secondary N) is 1. The summed E-state index contributed by atoms with van der Waals surface area (Å²) in [5.41, 5.74) is 2.31. The van der Waals surface area contributed by atoms with Gasteiger partial charge in [0.2, 0.25) is 0 Å². The van der Waals surface area contributed by atoms with Gasteiger partial charge in [-0.05, 0) is 33.3 Å². The Morgan fingerprint density at radius 1 is 1.46 bits per heavy atom. The van der Waals surface area contributed by atoms with E-state index in [9.17, 15) is 9.90 Å². The fraction of sp³-hybridized carbons (Fsp3) is 0.429. The minimum Gasteiger partial charge on any atom is -0.480 e. The highest BCUT2D eigenvalue weighted by molar-refractivity contribution is 8.02. The largest absolute Gasteiger partial charge is 0.480 e. The van der Waals surface area contributed by atoms with Crippen LogP contribution in [0.25, 0.3) is 0 Å². The number of thioether (sulfide) groups is 1. The average Bonchev–Trinajstić information content (AvgIpc) is 3.08. The minimum absolute atomic E-state index is 0.799. The zero-order chi connectivity index (χ0) is 20.6. The molecule has 0 atom stereocenters. The molecule has 0 saturated heterocycles. The Morgan fingerprint density at radius 3 is 2.89 bits per heavy atom. The Balaban J connectivity index is 2.00. The van der Waals surface area contributed by atoms with Crippen molar-refractivity contribution in [1.82, 2.24) is 15.2 Å². The predicted molar refractivity (Wildman–Crippen MR) is 119 cm³/mol. The summed E-state index contributed by atoms with van der Waals surface area (Å²) in [6.07, 6.45) is 12.1. The van der Waals surface area contributed by atoms with Crippen LogP contribution < -0.4 is 5.32 Å². The summed E-state index contributed by atoms with van der Waals surface area (Å²) in [7, 11) is 0. The van der Waals surface area contributed by atoms with Gasteiger partial charge in [-0.25, -0.2) is 4.98 Å². The zero-order valence-electron chi connectivity index (χ0n) is 16.8. The van der Waals surface area contributed by atoms with Crippen molar-refractivity contribution < 1.29 is 9.90 Å². The third kappa shape index (κ3) is 6.87. The number of hydrogen-bond acceptors (Lipinski definition) is 6. The van der Waals surface area contributed by atoms with Crippen molar-refractivity contribution >= 4 is 29.1 Å². The van der Waals surface area contributed by atoms with Gasteiger partial charge in [-0.3, -0.25) is 4.79 Å². The van der Waals surface area contributed by atoms with Gasteiger partial charge < -0.3 is 15.3 Å². The predicted octanol–water partition coefficient (Wildman–Crippen LogP) is 4.47. The maximum atomic E-state index is 11.3. The topological polar surface area (TPSA) is 65.5 Å². The summed E-state index contributed by atoms with van der Waals surface area (Å²) in [6, 6.07) is 0. The molecule has 0 spiro atoms. The van der Waals surface area contributed by atoms with Crippen molar-refractivity contribution in [1.29, 1.82) is 0 Å². The van der Waals surface area contributed by atoms with E-state index >= 15 is 0 Å². The second kappa shape index (κ2) is 10.5. The van der Waals surface area contributed by atoms with Gasteiger partial charge in [-0.1, -0.05) is 41.6 Å². The molecule has 2 N–H and O–H groups in total. The molecule has 0 fully saturated rings. The molecular formula is C21H29N3O2S2. The van der Waals surface area contributed by atoms with Crippen LogP contribution in [0.2, 0.25) is 0 Å². The molecule has 1 aromatic heterocycles. The van der Waals surface area contributed by atoms with Crippen molar-refractivity contribution in [2.75, 3.05) is 19.6 Å². The summed E-state index contributed by atoms with van der Waals surface area (Å²) in [5.74, 6) is 0.288. The molecule has 0 unspecified atom stereocenters. The molecule has 0 aromatic carbocycles. The highest BCUT2D eigenvalue weighted by Gasteiger charge is 2.29. The molecule has 0 aliphatic carbocycles. The van der Waals surface area contributed by atoms with Gasteiger partial charge in [0.25, 0.3) is 0 Å². The fourth-order valence-electron chi connectivity index (χ4n) is 2.45. The molecule has 2 rings (SSSR count). The first kappa shape index (κ1) is 22.3. The molecule has 2 heterocycles. The summed E-state index contributed by atoms with van der Waals surface area (Å²) in [4.78, 5) is 18.2. The van der Waals surface area contributed by atoms with E-state index in [0.29, 0.717) is 0 Å². The zero-order valence-corrected chi connectivity index (χ0v) is 18.4. The summed E-state index contributed by atoms with van der Waals surface area (Å²) in [6.45, 7) is 11.8. The smallest absolute Gasteiger partial charge is 0.319 e. The number of aromatic nitrogens is 1. The molecule has 0 radical (unpaired) electrons. The van der Waals surface area contributed by atoms with Crippen LogP contribution in [0.1, 0.15) is 32.9 Å². The number of nitrogens with zero attached hydrogens (tertiary/aromatic N) is 2. The lowest BCUT2D eigenvalue weighted by Gasteiger charge is -2.28. The number of aliphatic carboxylic acids is 1. The SMILES string of the molecule is C=CC/C=C/CN(CCc1csc(SC(C)(C)C(=O)O)n1)C1=CC=C(C)CN1. The lowest BCUT2D eigenvalue weighted by atomic mass is 10.2. The summed E-state index contributed by atoms with van der Waals surface area (Å²) < 4.78 is -0.0774. The van der Waals surface area contributed by atoms with E-state index < -0.39 is 10.7 Å². The highest BCUT2D eigenvalue weighted by Crippen LogP contribution is 2.34. The number of carboxylic acid groups (broad SMARTS) is 1. The van der Waals surface area contributed by atoms with Crippen molar-refractivity contribution in [3.8, 4) is 0 Å². The van der Waals surface area contributed by atoms with Crippen LogP contribution >= 0.6 is 23.1 Å². The van der Waals surface area contributed by atoms with Gasteiger partial charge in [-0.15, -0.1) is 17.9 Å². The minimum atomic E-state index is -0.877. The fourth-order valence-corrected chi connectivity index (χ4v) is 4.68. The Labute approximate surface area is 175 Å². The Hall–Kier alpha value is -1.99. The monoisotopic (exact) mass is 419 g/mol. The van der Waals surface area contributed by atoms with Crippen molar-refractivity contribution in [3.63, 3.8) is 0 Å². The van der Waals surface area contributed by atoms with Crippen LogP contribution in [0, 0.1) is 0 Å². The average molecular weight is 420 g/mol. The van der Waals surface area contributed by atoms with E-state index in [0.717, 1.165) is 48.3 Å². The molecule has 1 aliphatic heterocycles. The number of carboxylic acids is 1. The van der Waals surface area contributed by atoms with Crippen LogP contribution in [0.4, 0.5) is 0 Å². The number of carbonyl (C=O) groups is 1. The molecule has 1 aliphatic rings. The van der Waals surface area contributed by atoms with Gasteiger partial charge in [0.15, 0.2) is 4.34 Å². The first-order valence-corrected chi connectivity index (χ1v) is 11.0. The number of rotatable bonds is 11. The van der Waals surface area contributed by atoms with Gasteiger partial charge >= 0.3 is 5.97 Å². The second-order valence-electron chi connectivity index (χ2n) is 7.13. The molecule has 7 heteroatoms. The van der Waals surface area contributed by atoms with E-state index in [1.54, 1.807) is 13.8 Å². The van der Waals surface area contributed by atoms with E-state index in [1.807, 2.05) is 11.5 Å². The van der Waals surface area contributed by atoms with Gasteiger partial charge in [0, 0.05) is 31.4 Å².